The lowest BCUT2D eigenvalue weighted by atomic mass is 10.0. The number of pyridine rings is 1. The maximum Gasteiger partial charge on any atom is 0.339 e. The Morgan fingerprint density at radius 1 is 0.909 bits per heavy atom. The standard InChI is InChI=1S/C26H20N2O5/c29-25(27-14-17-10-11-23-24(12-17)33-16-32-23)15-31-26(30)20-13-22(18-6-2-1-3-7-18)28-21-9-5-4-8-19(20)21/h1-13H,14-16H2,(H,27,29). The number of ether oxygens (including phenoxy) is 3. The Morgan fingerprint density at radius 2 is 1.70 bits per heavy atom. The summed E-state index contributed by atoms with van der Waals surface area (Å²) in [7, 11) is 0. The molecular formula is C26H20N2O5. The number of esters is 1. The monoisotopic (exact) mass is 440 g/mol. The molecule has 3 aromatic carbocycles. The fraction of sp³-hybridized carbons (Fsp3) is 0.115. The first kappa shape index (κ1) is 20.5. The van der Waals surface area contributed by atoms with E-state index in [1.165, 1.54) is 0 Å². The van der Waals surface area contributed by atoms with Crippen LogP contribution in [0.5, 0.6) is 11.5 Å². The minimum absolute atomic E-state index is 0.191. The van der Waals surface area contributed by atoms with E-state index in [2.05, 4.69) is 10.3 Å². The molecule has 33 heavy (non-hydrogen) atoms. The molecule has 0 spiro atoms. The molecule has 1 aliphatic rings. The SMILES string of the molecule is O=C(COC(=O)c1cc(-c2ccccc2)nc2ccccc12)NCc1ccc2c(c1)OCO2. The van der Waals surface area contributed by atoms with Crippen LogP contribution in [0.1, 0.15) is 15.9 Å². The number of benzene rings is 3. The van der Waals surface area contributed by atoms with Crippen molar-refractivity contribution in [3.8, 4) is 22.8 Å². The molecule has 7 nitrogen and oxygen atoms in total. The lowest BCUT2D eigenvalue weighted by Gasteiger charge is -2.11. The Hall–Kier alpha value is -4.39. The second-order valence-electron chi connectivity index (χ2n) is 7.48. The molecule has 4 aromatic rings. The van der Waals surface area contributed by atoms with Gasteiger partial charge in [-0.2, -0.15) is 0 Å². The molecule has 7 heteroatoms. The van der Waals surface area contributed by atoms with E-state index in [1.54, 1.807) is 12.1 Å². The molecule has 1 aromatic heterocycles. The minimum atomic E-state index is -0.580. The van der Waals surface area contributed by atoms with Gasteiger partial charge in [0.05, 0.1) is 16.8 Å². The molecule has 2 heterocycles. The van der Waals surface area contributed by atoms with Gasteiger partial charge < -0.3 is 19.5 Å². The molecule has 0 fully saturated rings. The highest BCUT2D eigenvalue weighted by Crippen LogP contribution is 2.32. The second kappa shape index (κ2) is 9.00. The lowest BCUT2D eigenvalue weighted by Crippen LogP contribution is -2.28. The van der Waals surface area contributed by atoms with E-state index < -0.39 is 11.9 Å². The number of carbonyl (C=O) groups is 2. The van der Waals surface area contributed by atoms with Crippen molar-refractivity contribution in [1.82, 2.24) is 10.3 Å². The second-order valence-corrected chi connectivity index (χ2v) is 7.48. The quantitative estimate of drug-likeness (QED) is 0.454. The van der Waals surface area contributed by atoms with Gasteiger partial charge in [-0.05, 0) is 29.8 Å². The number of rotatable bonds is 6. The van der Waals surface area contributed by atoms with Crippen LogP contribution in [-0.4, -0.2) is 30.3 Å². The topological polar surface area (TPSA) is 86.8 Å². The number of fused-ring (bicyclic) bond motifs is 2. The zero-order chi connectivity index (χ0) is 22.6. The molecule has 0 aliphatic carbocycles. The molecule has 1 N–H and O–H groups in total. The Labute approximate surface area is 189 Å². The van der Waals surface area contributed by atoms with E-state index >= 15 is 0 Å². The molecule has 0 saturated heterocycles. The molecule has 164 valence electrons. The number of amides is 1. The first-order valence-corrected chi connectivity index (χ1v) is 10.4. The van der Waals surface area contributed by atoms with E-state index in [9.17, 15) is 9.59 Å². The van der Waals surface area contributed by atoms with Gasteiger partial charge in [-0.3, -0.25) is 4.79 Å². The van der Waals surface area contributed by atoms with Crippen molar-refractivity contribution in [2.45, 2.75) is 6.54 Å². The zero-order valence-electron chi connectivity index (χ0n) is 17.6. The van der Waals surface area contributed by atoms with Crippen LogP contribution in [0.2, 0.25) is 0 Å². The average molecular weight is 440 g/mol. The van der Waals surface area contributed by atoms with Crippen molar-refractivity contribution in [3.05, 3.63) is 90.0 Å². The summed E-state index contributed by atoms with van der Waals surface area (Å²) in [5, 5.41) is 3.42. The third kappa shape index (κ3) is 4.48. The van der Waals surface area contributed by atoms with Crippen molar-refractivity contribution >= 4 is 22.8 Å². The summed E-state index contributed by atoms with van der Waals surface area (Å²) in [5.74, 6) is 0.345. The predicted molar refractivity (Wildman–Crippen MR) is 122 cm³/mol. The Kier molecular flexibility index (Phi) is 5.59. The predicted octanol–water partition coefficient (Wildman–Crippen LogP) is 4.10. The Balaban J connectivity index is 1.27. The van der Waals surface area contributed by atoms with Gasteiger partial charge in [0, 0.05) is 17.5 Å². The van der Waals surface area contributed by atoms with Gasteiger partial charge in [-0.1, -0.05) is 54.6 Å². The van der Waals surface area contributed by atoms with Crippen LogP contribution in [0.3, 0.4) is 0 Å². The van der Waals surface area contributed by atoms with Crippen LogP contribution in [-0.2, 0) is 16.1 Å². The van der Waals surface area contributed by atoms with Crippen molar-refractivity contribution in [2.24, 2.45) is 0 Å². The van der Waals surface area contributed by atoms with Gasteiger partial charge in [-0.15, -0.1) is 0 Å². The minimum Gasteiger partial charge on any atom is -0.454 e. The van der Waals surface area contributed by atoms with E-state index in [1.807, 2.05) is 66.7 Å². The van der Waals surface area contributed by atoms with Crippen LogP contribution in [0.25, 0.3) is 22.2 Å². The fourth-order valence-electron chi connectivity index (χ4n) is 3.61. The maximum absolute atomic E-state index is 12.9. The van der Waals surface area contributed by atoms with Crippen LogP contribution >= 0.6 is 0 Å². The third-order valence-corrected chi connectivity index (χ3v) is 5.27. The van der Waals surface area contributed by atoms with Crippen LogP contribution in [0, 0.1) is 0 Å². The molecule has 0 atom stereocenters. The molecule has 1 amide bonds. The molecular weight excluding hydrogens is 420 g/mol. The maximum atomic E-state index is 12.9. The van der Waals surface area contributed by atoms with E-state index in [0.29, 0.717) is 33.7 Å². The van der Waals surface area contributed by atoms with E-state index in [0.717, 1.165) is 11.1 Å². The summed E-state index contributed by atoms with van der Waals surface area (Å²) < 4.78 is 16.0. The summed E-state index contributed by atoms with van der Waals surface area (Å²) in [6.45, 7) is 0.0842. The Morgan fingerprint density at radius 3 is 2.58 bits per heavy atom. The van der Waals surface area contributed by atoms with Crippen molar-refractivity contribution in [1.29, 1.82) is 0 Å². The fourth-order valence-corrected chi connectivity index (χ4v) is 3.61. The summed E-state index contributed by atoms with van der Waals surface area (Å²) in [4.78, 5) is 29.8. The molecule has 0 radical (unpaired) electrons. The zero-order valence-corrected chi connectivity index (χ0v) is 17.6. The van der Waals surface area contributed by atoms with Gasteiger partial charge in [0.15, 0.2) is 18.1 Å². The molecule has 1 aliphatic heterocycles. The van der Waals surface area contributed by atoms with Crippen molar-refractivity contribution in [2.75, 3.05) is 13.4 Å². The average Bonchev–Trinajstić information content (AvgIpc) is 3.34. The summed E-state index contributed by atoms with van der Waals surface area (Å²) in [6, 6.07) is 24.1. The van der Waals surface area contributed by atoms with E-state index in [-0.39, 0.29) is 19.9 Å². The first-order chi connectivity index (χ1) is 16.2. The molecule has 0 unspecified atom stereocenters. The number of para-hydroxylation sites is 1. The largest absolute Gasteiger partial charge is 0.454 e. The lowest BCUT2D eigenvalue weighted by molar-refractivity contribution is -0.124. The van der Waals surface area contributed by atoms with Gasteiger partial charge in [-0.25, -0.2) is 9.78 Å². The van der Waals surface area contributed by atoms with Gasteiger partial charge in [0.1, 0.15) is 0 Å². The van der Waals surface area contributed by atoms with Gasteiger partial charge in [0.25, 0.3) is 5.91 Å². The summed E-state index contributed by atoms with van der Waals surface area (Å²) in [6.07, 6.45) is 0. The third-order valence-electron chi connectivity index (χ3n) is 5.27. The van der Waals surface area contributed by atoms with Crippen LogP contribution in [0.15, 0.2) is 78.9 Å². The van der Waals surface area contributed by atoms with Crippen LogP contribution in [0.4, 0.5) is 0 Å². The first-order valence-electron chi connectivity index (χ1n) is 10.4. The normalized spacial score (nSPS) is 11.9. The number of hydrogen-bond donors (Lipinski definition) is 1. The number of carbonyl (C=O) groups excluding carboxylic acids is 2. The highest BCUT2D eigenvalue weighted by atomic mass is 16.7. The van der Waals surface area contributed by atoms with E-state index in [4.69, 9.17) is 14.2 Å². The highest BCUT2D eigenvalue weighted by Gasteiger charge is 2.17. The highest BCUT2D eigenvalue weighted by molar-refractivity contribution is 6.05. The number of aromatic nitrogens is 1. The summed E-state index contributed by atoms with van der Waals surface area (Å²) in [5.41, 5.74) is 3.44. The number of hydrogen-bond acceptors (Lipinski definition) is 6. The molecule has 0 saturated carbocycles. The molecule has 5 rings (SSSR count). The summed E-state index contributed by atoms with van der Waals surface area (Å²) >= 11 is 0. The molecule has 0 bridgehead atoms. The number of nitrogens with one attached hydrogen (secondary N) is 1. The van der Waals surface area contributed by atoms with Gasteiger partial charge in [0.2, 0.25) is 6.79 Å². The van der Waals surface area contributed by atoms with Gasteiger partial charge >= 0.3 is 5.97 Å². The number of nitrogens with zero attached hydrogens (tertiary/aromatic N) is 1. The van der Waals surface area contributed by atoms with Crippen LogP contribution < -0.4 is 14.8 Å². The van der Waals surface area contributed by atoms with Crippen molar-refractivity contribution < 1.29 is 23.8 Å². The van der Waals surface area contributed by atoms with Crippen molar-refractivity contribution in [3.63, 3.8) is 0 Å². The smallest absolute Gasteiger partial charge is 0.339 e. The Bertz CT molecular complexity index is 1340.